The topological polar surface area (TPSA) is 83.8 Å². The van der Waals surface area contributed by atoms with E-state index in [4.69, 9.17) is 0 Å². The predicted molar refractivity (Wildman–Crippen MR) is 102 cm³/mol. The zero-order valence-electron chi connectivity index (χ0n) is 15.3. The highest BCUT2D eigenvalue weighted by molar-refractivity contribution is 7.92. The van der Waals surface area contributed by atoms with Crippen LogP contribution in [-0.2, 0) is 10.0 Å². The maximum Gasteiger partial charge on any atom is 0.271 e. The van der Waals surface area contributed by atoms with E-state index >= 15 is 0 Å². The first kappa shape index (κ1) is 19.9. The number of non-ortho nitro benzene ring substituents is 1. The Morgan fingerprint density at radius 3 is 2.19 bits per heavy atom. The molecule has 8 heteroatoms. The summed E-state index contributed by atoms with van der Waals surface area (Å²) in [5.74, 6) is 0. The molecular formula is C18H23N3O4S. The summed E-state index contributed by atoms with van der Waals surface area (Å²) >= 11 is 0. The molecule has 140 valence electrons. The highest BCUT2D eigenvalue weighted by Crippen LogP contribution is 2.30. The second-order valence-corrected chi connectivity index (χ2v) is 8.19. The van der Waals surface area contributed by atoms with E-state index in [9.17, 15) is 18.5 Å². The Kier molecular flexibility index (Phi) is 5.99. The van der Waals surface area contributed by atoms with Gasteiger partial charge < -0.3 is 4.90 Å². The molecule has 0 saturated heterocycles. The number of rotatable bonds is 7. The zero-order valence-corrected chi connectivity index (χ0v) is 16.2. The number of aryl methyl sites for hydroxylation is 1. The van der Waals surface area contributed by atoms with Gasteiger partial charge in [-0.05, 0) is 51.2 Å². The maximum absolute atomic E-state index is 13.4. The van der Waals surface area contributed by atoms with E-state index in [0.717, 1.165) is 6.07 Å². The summed E-state index contributed by atoms with van der Waals surface area (Å²) in [6.07, 6.45) is 0. The molecule has 0 amide bonds. The van der Waals surface area contributed by atoms with Crippen LogP contribution in [0.25, 0.3) is 0 Å². The lowest BCUT2D eigenvalue weighted by Gasteiger charge is -2.27. The van der Waals surface area contributed by atoms with Gasteiger partial charge in [-0.3, -0.25) is 14.4 Å². The van der Waals surface area contributed by atoms with E-state index in [1.165, 1.54) is 10.4 Å². The minimum atomic E-state index is -3.96. The molecular weight excluding hydrogens is 354 g/mol. The molecule has 2 rings (SSSR count). The normalized spacial score (nSPS) is 11.6. The Bertz CT molecular complexity index is 896. The van der Waals surface area contributed by atoms with E-state index in [2.05, 4.69) is 0 Å². The fourth-order valence-electron chi connectivity index (χ4n) is 2.57. The summed E-state index contributed by atoms with van der Waals surface area (Å²) in [7, 11) is -0.237. The van der Waals surface area contributed by atoms with Gasteiger partial charge in [-0.2, -0.15) is 0 Å². The van der Waals surface area contributed by atoms with Crippen LogP contribution in [0.3, 0.4) is 0 Å². The Balaban J connectivity index is 2.62. The molecule has 0 aliphatic rings. The van der Waals surface area contributed by atoms with Crippen molar-refractivity contribution >= 4 is 21.4 Å². The van der Waals surface area contributed by atoms with Gasteiger partial charge in [-0.1, -0.05) is 18.2 Å². The van der Waals surface area contributed by atoms with Crippen LogP contribution >= 0.6 is 0 Å². The van der Waals surface area contributed by atoms with Crippen LogP contribution in [0.2, 0.25) is 0 Å². The number of hydrogen-bond acceptors (Lipinski definition) is 5. The van der Waals surface area contributed by atoms with Gasteiger partial charge in [0, 0.05) is 25.2 Å². The van der Waals surface area contributed by atoms with Crippen molar-refractivity contribution in [3.05, 3.63) is 63.7 Å². The van der Waals surface area contributed by atoms with E-state index in [-0.39, 0.29) is 17.1 Å². The Morgan fingerprint density at radius 2 is 1.65 bits per heavy atom. The molecule has 0 fully saturated rings. The number of likely N-dealkylation sites (N-methyl/N-ethyl adjacent to an activating group) is 1. The van der Waals surface area contributed by atoms with Gasteiger partial charge in [-0.15, -0.1) is 0 Å². The van der Waals surface area contributed by atoms with Gasteiger partial charge in [0.1, 0.15) is 0 Å². The summed E-state index contributed by atoms with van der Waals surface area (Å²) < 4.78 is 28.1. The van der Waals surface area contributed by atoms with Gasteiger partial charge >= 0.3 is 0 Å². The molecule has 0 spiro atoms. The number of nitrogens with zero attached hydrogens (tertiary/aromatic N) is 3. The summed E-state index contributed by atoms with van der Waals surface area (Å²) in [5, 5.41) is 11.2. The third-order valence-electron chi connectivity index (χ3n) is 4.18. The molecule has 0 heterocycles. The van der Waals surface area contributed by atoms with Crippen LogP contribution in [0.5, 0.6) is 0 Å². The van der Waals surface area contributed by atoms with Gasteiger partial charge in [0.15, 0.2) is 0 Å². The molecule has 7 nitrogen and oxygen atoms in total. The molecule has 0 atom stereocenters. The third kappa shape index (κ3) is 4.20. The first-order chi connectivity index (χ1) is 12.1. The predicted octanol–water partition coefficient (Wildman–Crippen LogP) is 2.97. The van der Waals surface area contributed by atoms with E-state index in [1.807, 2.05) is 25.1 Å². The maximum atomic E-state index is 13.4. The second-order valence-electron chi connectivity index (χ2n) is 6.36. The van der Waals surface area contributed by atoms with Gasteiger partial charge in [0.05, 0.1) is 15.5 Å². The summed E-state index contributed by atoms with van der Waals surface area (Å²) in [6.45, 7) is 4.09. The molecule has 26 heavy (non-hydrogen) atoms. The van der Waals surface area contributed by atoms with Crippen LogP contribution in [0, 0.1) is 24.0 Å². The van der Waals surface area contributed by atoms with Crippen molar-refractivity contribution in [1.29, 1.82) is 0 Å². The second kappa shape index (κ2) is 7.84. The highest BCUT2D eigenvalue weighted by Gasteiger charge is 2.29. The van der Waals surface area contributed by atoms with Crippen LogP contribution < -0.4 is 4.31 Å². The molecule has 0 aliphatic carbocycles. The monoisotopic (exact) mass is 377 g/mol. The largest absolute Gasteiger partial charge is 0.308 e. The fraction of sp³-hybridized carbons (Fsp3) is 0.333. The standard InChI is InChI=1S/C18H23N3O4S/c1-14-12-17(21(22)23)13-18(15(14)2)26(24,25)20(11-10-19(3)4)16-8-6-5-7-9-16/h5-9,12-13H,10-11H2,1-4H3. The van der Waals surface area contributed by atoms with Crippen LogP contribution in [0.4, 0.5) is 11.4 Å². The van der Waals surface area contributed by atoms with Crippen molar-refractivity contribution in [2.24, 2.45) is 0 Å². The van der Waals surface area contributed by atoms with Gasteiger partial charge in [0.25, 0.3) is 15.7 Å². The van der Waals surface area contributed by atoms with E-state index in [1.54, 1.807) is 38.1 Å². The first-order valence-electron chi connectivity index (χ1n) is 8.12. The Morgan fingerprint density at radius 1 is 1.04 bits per heavy atom. The third-order valence-corrected chi connectivity index (χ3v) is 6.13. The number of para-hydroxylation sites is 1. The van der Waals surface area contributed by atoms with Crippen molar-refractivity contribution in [2.75, 3.05) is 31.5 Å². The molecule has 0 saturated carbocycles. The van der Waals surface area contributed by atoms with Gasteiger partial charge in [0.2, 0.25) is 0 Å². The van der Waals surface area contributed by atoms with E-state index in [0.29, 0.717) is 23.4 Å². The quantitative estimate of drug-likeness (QED) is 0.547. The lowest BCUT2D eigenvalue weighted by atomic mass is 10.1. The molecule has 2 aromatic rings. The number of anilines is 1. The van der Waals surface area contributed by atoms with Crippen molar-refractivity contribution < 1.29 is 13.3 Å². The molecule has 2 aromatic carbocycles. The average Bonchev–Trinajstić information content (AvgIpc) is 2.57. The van der Waals surface area contributed by atoms with Crippen LogP contribution in [-0.4, -0.2) is 45.4 Å². The van der Waals surface area contributed by atoms with Crippen molar-refractivity contribution in [3.63, 3.8) is 0 Å². The Labute approximate surface area is 154 Å². The van der Waals surface area contributed by atoms with Crippen molar-refractivity contribution in [2.45, 2.75) is 18.7 Å². The first-order valence-corrected chi connectivity index (χ1v) is 9.56. The lowest BCUT2D eigenvalue weighted by molar-refractivity contribution is -0.385. The summed E-state index contributed by atoms with van der Waals surface area (Å²) in [6, 6.07) is 11.3. The number of hydrogen-bond donors (Lipinski definition) is 0. The average molecular weight is 377 g/mol. The van der Waals surface area contributed by atoms with E-state index < -0.39 is 14.9 Å². The molecule has 0 radical (unpaired) electrons. The zero-order chi connectivity index (χ0) is 19.5. The fourth-order valence-corrected chi connectivity index (χ4v) is 4.35. The van der Waals surface area contributed by atoms with Crippen LogP contribution in [0.1, 0.15) is 11.1 Å². The molecule has 0 N–H and O–H groups in total. The van der Waals surface area contributed by atoms with Crippen LogP contribution in [0.15, 0.2) is 47.4 Å². The molecule has 0 bridgehead atoms. The Hall–Kier alpha value is -2.45. The number of benzene rings is 2. The van der Waals surface area contributed by atoms with Crippen molar-refractivity contribution in [3.8, 4) is 0 Å². The molecule has 0 aromatic heterocycles. The number of sulfonamides is 1. The number of nitro benzene ring substituents is 1. The van der Waals surface area contributed by atoms with Crippen molar-refractivity contribution in [1.82, 2.24) is 4.90 Å². The number of nitro groups is 1. The lowest BCUT2D eigenvalue weighted by Crippen LogP contribution is -2.37. The highest BCUT2D eigenvalue weighted by atomic mass is 32.2. The molecule has 0 aliphatic heterocycles. The minimum absolute atomic E-state index is 0.0354. The molecule has 0 unspecified atom stereocenters. The van der Waals surface area contributed by atoms with Gasteiger partial charge in [-0.25, -0.2) is 8.42 Å². The summed E-state index contributed by atoms with van der Waals surface area (Å²) in [5.41, 5.74) is 1.38. The smallest absolute Gasteiger partial charge is 0.271 e. The minimum Gasteiger partial charge on any atom is -0.308 e. The SMILES string of the molecule is Cc1cc([N+](=O)[O-])cc(S(=O)(=O)N(CCN(C)C)c2ccccc2)c1C. The summed E-state index contributed by atoms with van der Waals surface area (Å²) in [4.78, 5) is 12.5.